The number of rotatable bonds is 3. The summed E-state index contributed by atoms with van der Waals surface area (Å²) in [7, 11) is 1.35. The molecule has 0 radical (unpaired) electrons. The third-order valence-electron chi connectivity index (χ3n) is 1.86. The van der Waals surface area contributed by atoms with Crippen LogP contribution in [0.2, 0.25) is 0 Å². The zero-order valence-electron chi connectivity index (χ0n) is 9.45. The van der Waals surface area contributed by atoms with Gasteiger partial charge in [-0.05, 0) is 31.2 Å². The van der Waals surface area contributed by atoms with Crippen molar-refractivity contribution >= 4 is 5.97 Å². The highest BCUT2D eigenvalue weighted by molar-refractivity contribution is 5.72. The van der Waals surface area contributed by atoms with Gasteiger partial charge in [0.15, 0.2) is 0 Å². The van der Waals surface area contributed by atoms with Crippen LogP contribution in [0, 0.1) is 11.8 Å². The number of carbonyl (C=O) groups excluding carboxylic acids is 1. The molecule has 0 aliphatic rings. The minimum absolute atomic E-state index is 0.115. The second kappa shape index (κ2) is 6.52. The van der Waals surface area contributed by atoms with Crippen LogP contribution in [0.15, 0.2) is 24.3 Å². The van der Waals surface area contributed by atoms with Crippen LogP contribution in [0.25, 0.3) is 0 Å². The Morgan fingerprint density at radius 3 is 2.56 bits per heavy atom. The van der Waals surface area contributed by atoms with Crippen LogP contribution in [0.3, 0.4) is 0 Å². The van der Waals surface area contributed by atoms with E-state index in [2.05, 4.69) is 16.6 Å². The van der Waals surface area contributed by atoms with Gasteiger partial charge in [0.1, 0.15) is 12.2 Å². The van der Waals surface area contributed by atoms with Gasteiger partial charge in [-0.3, -0.25) is 4.79 Å². The van der Waals surface area contributed by atoms with Crippen LogP contribution < -0.4 is 4.74 Å². The zero-order valence-corrected chi connectivity index (χ0v) is 9.45. The second-order valence-electron chi connectivity index (χ2n) is 3.01. The summed E-state index contributed by atoms with van der Waals surface area (Å²) in [5, 5.41) is 0. The number of hydrogen-bond acceptors (Lipinski definition) is 3. The molecule has 0 heterocycles. The Kier molecular flexibility index (Phi) is 4.94. The van der Waals surface area contributed by atoms with E-state index in [1.165, 1.54) is 7.11 Å². The van der Waals surface area contributed by atoms with Crippen molar-refractivity contribution in [3.63, 3.8) is 0 Å². The molecule has 0 aliphatic heterocycles. The molecule has 84 valence electrons. The van der Waals surface area contributed by atoms with E-state index in [0.29, 0.717) is 6.61 Å². The number of esters is 1. The molecule has 0 spiro atoms. The van der Waals surface area contributed by atoms with Crippen molar-refractivity contribution in [1.82, 2.24) is 0 Å². The Morgan fingerprint density at radius 2 is 2.00 bits per heavy atom. The van der Waals surface area contributed by atoms with Crippen LogP contribution in [0.4, 0.5) is 0 Å². The summed E-state index contributed by atoms with van der Waals surface area (Å²) < 4.78 is 9.78. The lowest BCUT2D eigenvalue weighted by Crippen LogP contribution is -1.97. The Balaban J connectivity index is 2.57. The van der Waals surface area contributed by atoms with Gasteiger partial charge in [-0.1, -0.05) is 11.8 Å². The van der Waals surface area contributed by atoms with Crippen molar-refractivity contribution in [2.24, 2.45) is 0 Å². The maximum atomic E-state index is 10.8. The van der Waals surface area contributed by atoms with E-state index >= 15 is 0 Å². The van der Waals surface area contributed by atoms with Crippen molar-refractivity contribution < 1.29 is 14.3 Å². The lowest BCUT2D eigenvalue weighted by Gasteiger charge is -2.01. The molecule has 3 nitrogen and oxygen atoms in total. The highest BCUT2D eigenvalue weighted by Crippen LogP contribution is 2.11. The van der Waals surface area contributed by atoms with Gasteiger partial charge in [-0.2, -0.15) is 0 Å². The molecular weight excluding hydrogens is 204 g/mol. The predicted octanol–water partition coefficient (Wildman–Crippen LogP) is 2.00. The number of benzene rings is 1. The molecule has 0 amide bonds. The molecule has 0 saturated carbocycles. The van der Waals surface area contributed by atoms with Crippen molar-refractivity contribution in [3.8, 4) is 17.6 Å². The highest BCUT2D eigenvalue weighted by atomic mass is 16.5. The van der Waals surface area contributed by atoms with Gasteiger partial charge in [-0.25, -0.2) is 0 Å². The maximum absolute atomic E-state index is 10.8. The number of ether oxygens (including phenoxy) is 2. The van der Waals surface area contributed by atoms with Gasteiger partial charge < -0.3 is 9.47 Å². The summed E-state index contributed by atoms with van der Waals surface area (Å²) in [6.07, 6.45) is 0.115. The maximum Gasteiger partial charge on any atom is 0.317 e. The molecule has 0 aliphatic carbocycles. The van der Waals surface area contributed by atoms with E-state index in [-0.39, 0.29) is 12.4 Å². The average Bonchev–Trinajstić information content (AvgIpc) is 2.31. The molecule has 0 fully saturated rings. The summed E-state index contributed by atoms with van der Waals surface area (Å²) in [6, 6.07) is 7.42. The Hall–Kier alpha value is -1.95. The molecule has 0 unspecified atom stereocenters. The Morgan fingerprint density at radius 1 is 1.31 bits per heavy atom. The number of methoxy groups -OCH3 is 1. The van der Waals surface area contributed by atoms with Gasteiger partial charge in [0.2, 0.25) is 0 Å². The van der Waals surface area contributed by atoms with Crippen LogP contribution in [-0.2, 0) is 9.53 Å². The van der Waals surface area contributed by atoms with E-state index < -0.39 is 0 Å². The molecular formula is C13H14O3. The van der Waals surface area contributed by atoms with E-state index in [1.54, 1.807) is 0 Å². The summed E-state index contributed by atoms with van der Waals surface area (Å²) >= 11 is 0. The minimum atomic E-state index is -0.321. The summed E-state index contributed by atoms with van der Waals surface area (Å²) in [6.45, 7) is 2.58. The largest absolute Gasteiger partial charge is 0.494 e. The molecule has 1 aromatic carbocycles. The molecule has 0 saturated heterocycles. The van der Waals surface area contributed by atoms with Gasteiger partial charge in [0, 0.05) is 5.56 Å². The summed E-state index contributed by atoms with van der Waals surface area (Å²) in [5.41, 5.74) is 0.854. The van der Waals surface area contributed by atoms with E-state index in [0.717, 1.165) is 11.3 Å². The molecule has 0 aromatic heterocycles. The SMILES string of the molecule is CCOc1ccc(C#CCC(=O)OC)cc1. The van der Waals surface area contributed by atoms with Crippen LogP contribution in [0.1, 0.15) is 18.9 Å². The molecule has 3 heteroatoms. The standard InChI is InChI=1S/C13H14O3/c1-3-16-12-9-7-11(8-10-12)5-4-6-13(14)15-2/h7-10H,3,6H2,1-2H3. The molecule has 0 N–H and O–H groups in total. The minimum Gasteiger partial charge on any atom is -0.494 e. The molecule has 1 aromatic rings. The fourth-order valence-electron chi connectivity index (χ4n) is 1.09. The van der Waals surface area contributed by atoms with Crippen LogP contribution in [0.5, 0.6) is 5.75 Å². The van der Waals surface area contributed by atoms with Gasteiger partial charge in [0.05, 0.1) is 13.7 Å². The lowest BCUT2D eigenvalue weighted by molar-refractivity contribution is -0.139. The van der Waals surface area contributed by atoms with Crippen LogP contribution >= 0.6 is 0 Å². The Bertz CT molecular complexity index is 395. The zero-order chi connectivity index (χ0) is 11.8. The monoisotopic (exact) mass is 218 g/mol. The first-order valence-electron chi connectivity index (χ1n) is 5.04. The van der Waals surface area contributed by atoms with Crippen molar-refractivity contribution in [3.05, 3.63) is 29.8 Å². The van der Waals surface area contributed by atoms with Crippen LogP contribution in [-0.4, -0.2) is 19.7 Å². The van der Waals surface area contributed by atoms with Crippen molar-refractivity contribution in [2.45, 2.75) is 13.3 Å². The average molecular weight is 218 g/mol. The number of carbonyl (C=O) groups is 1. The lowest BCUT2D eigenvalue weighted by atomic mass is 10.2. The predicted molar refractivity (Wildman–Crippen MR) is 61.1 cm³/mol. The van der Waals surface area contributed by atoms with E-state index in [9.17, 15) is 4.79 Å². The van der Waals surface area contributed by atoms with Gasteiger partial charge in [-0.15, -0.1) is 0 Å². The van der Waals surface area contributed by atoms with Gasteiger partial charge >= 0.3 is 5.97 Å². The van der Waals surface area contributed by atoms with E-state index in [4.69, 9.17) is 4.74 Å². The van der Waals surface area contributed by atoms with Crippen molar-refractivity contribution in [1.29, 1.82) is 0 Å². The van der Waals surface area contributed by atoms with Crippen molar-refractivity contribution in [2.75, 3.05) is 13.7 Å². The smallest absolute Gasteiger partial charge is 0.317 e. The van der Waals surface area contributed by atoms with E-state index in [1.807, 2.05) is 31.2 Å². The first kappa shape index (κ1) is 12.1. The highest BCUT2D eigenvalue weighted by Gasteiger charge is 1.94. The normalized spacial score (nSPS) is 8.88. The number of hydrogen-bond donors (Lipinski definition) is 0. The third kappa shape index (κ3) is 4.05. The van der Waals surface area contributed by atoms with Gasteiger partial charge in [0.25, 0.3) is 0 Å². The molecule has 0 atom stereocenters. The molecule has 0 bridgehead atoms. The first-order chi connectivity index (χ1) is 7.76. The molecule has 16 heavy (non-hydrogen) atoms. The fourth-order valence-corrected chi connectivity index (χ4v) is 1.09. The summed E-state index contributed by atoms with van der Waals surface area (Å²) in [4.78, 5) is 10.8. The third-order valence-corrected chi connectivity index (χ3v) is 1.86. The fraction of sp³-hybridized carbons (Fsp3) is 0.308. The quantitative estimate of drug-likeness (QED) is 0.575. The summed E-state index contributed by atoms with van der Waals surface area (Å²) in [5.74, 6) is 6.11. The Labute approximate surface area is 95.4 Å². The first-order valence-corrected chi connectivity index (χ1v) is 5.04. The molecule has 1 rings (SSSR count). The topological polar surface area (TPSA) is 35.5 Å². The second-order valence-corrected chi connectivity index (χ2v) is 3.01.